The van der Waals surface area contributed by atoms with Gasteiger partial charge in [-0.25, -0.2) is 8.42 Å². The topological polar surface area (TPSA) is 54.4 Å². The maximum Gasteiger partial charge on any atom is 0.183 e. The molecule has 3 atom stereocenters. The van der Waals surface area contributed by atoms with E-state index in [1.807, 2.05) is 0 Å². The van der Waals surface area contributed by atoms with Crippen molar-refractivity contribution in [3.05, 3.63) is 30.3 Å². The zero-order valence-corrected chi connectivity index (χ0v) is 13.2. The predicted molar refractivity (Wildman–Crippen MR) is 80.2 cm³/mol. The molecule has 0 unspecified atom stereocenters. The van der Waals surface area contributed by atoms with Crippen molar-refractivity contribution in [2.45, 2.75) is 56.3 Å². The highest BCUT2D eigenvalue weighted by atomic mass is 32.2. The van der Waals surface area contributed by atoms with Crippen LogP contribution in [0, 0.1) is 11.3 Å². The zero-order chi connectivity index (χ0) is 15.0. The quantitative estimate of drug-likeness (QED) is 0.912. The van der Waals surface area contributed by atoms with Gasteiger partial charge in [0.15, 0.2) is 9.84 Å². The van der Waals surface area contributed by atoms with Gasteiger partial charge in [0, 0.05) is 0 Å². The van der Waals surface area contributed by atoms with Crippen LogP contribution in [-0.4, -0.2) is 24.9 Å². The number of sulfone groups is 1. The summed E-state index contributed by atoms with van der Waals surface area (Å²) >= 11 is 0. The molecule has 20 heavy (non-hydrogen) atoms. The first kappa shape index (κ1) is 15.5. The van der Waals surface area contributed by atoms with Crippen LogP contribution in [-0.2, 0) is 9.84 Å². The lowest BCUT2D eigenvalue weighted by atomic mass is 9.71. The Labute approximate surface area is 121 Å². The van der Waals surface area contributed by atoms with Gasteiger partial charge in [0.05, 0.1) is 16.2 Å². The second-order valence-corrected chi connectivity index (χ2v) is 9.01. The third-order valence-electron chi connectivity index (χ3n) is 4.45. The first-order valence-corrected chi connectivity index (χ1v) is 8.74. The van der Waals surface area contributed by atoms with E-state index in [1.54, 1.807) is 30.3 Å². The minimum Gasteiger partial charge on any atom is -0.392 e. The van der Waals surface area contributed by atoms with Gasteiger partial charge in [-0.05, 0) is 42.7 Å². The average Bonchev–Trinajstić information content (AvgIpc) is 2.38. The fraction of sp³-hybridized carbons (Fsp3) is 0.625. The summed E-state index contributed by atoms with van der Waals surface area (Å²) in [6.07, 6.45) is 1.25. The molecular formula is C16H24O3S. The van der Waals surface area contributed by atoms with E-state index in [2.05, 4.69) is 20.8 Å². The number of hydrogen-bond donors (Lipinski definition) is 1. The number of aliphatic hydroxyl groups excluding tert-OH is 1. The van der Waals surface area contributed by atoms with Crippen LogP contribution in [0.4, 0.5) is 0 Å². The summed E-state index contributed by atoms with van der Waals surface area (Å²) in [5.41, 5.74) is 0.0740. The molecule has 0 heterocycles. The first-order chi connectivity index (χ1) is 9.23. The van der Waals surface area contributed by atoms with E-state index in [9.17, 15) is 13.5 Å². The molecule has 2 rings (SSSR count). The second-order valence-electron chi connectivity index (χ2n) is 6.84. The number of benzene rings is 1. The van der Waals surface area contributed by atoms with Gasteiger partial charge >= 0.3 is 0 Å². The Morgan fingerprint density at radius 1 is 1.10 bits per heavy atom. The van der Waals surface area contributed by atoms with E-state index >= 15 is 0 Å². The lowest BCUT2D eigenvalue weighted by molar-refractivity contribution is 0.0757. The Hall–Kier alpha value is -0.870. The Morgan fingerprint density at radius 2 is 1.70 bits per heavy atom. The third kappa shape index (κ3) is 3.07. The van der Waals surface area contributed by atoms with Crippen molar-refractivity contribution in [3.63, 3.8) is 0 Å². The number of aliphatic hydroxyl groups is 1. The molecule has 1 aliphatic rings. The Morgan fingerprint density at radius 3 is 2.25 bits per heavy atom. The van der Waals surface area contributed by atoms with E-state index < -0.39 is 21.2 Å². The molecule has 1 aromatic carbocycles. The summed E-state index contributed by atoms with van der Waals surface area (Å²) in [4.78, 5) is 0.318. The average molecular weight is 296 g/mol. The highest BCUT2D eigenvalue weighted by Gasteiger charge is 2.42. The molecule has 0 amide bonds. The van der Waals surface area contributed by atoms with Crippen LogP contribution in [0.1, 0.15) is 40.0 Å². The number of hydrogen-bond acceptors (Lipinski definition) is 3. The molecule has 0 aliphatic heterocycles. The summed E-state index contributed by atoms with van der Waals surface area (Å²) in [5, 5.41) is 9.49. The molecule has 4 heteroatoms. The van der Waals surface area contributed by atoms with Crippen LogP contribution in [0.2, 0.25) is 0 Å². The maximum absolute atomic E-state index is 12.7. The highest BCUT2D eigenvalue weighted by molar-refractivity contribution is 7.92. The molecule has 0 bridgehead atoms. The maximum atomic E-state index is 12.7. The Balaban J connectivity index is 2.30. The minimum absolute atomic E-state index is 0.0740. The van der Waals surface area contributed by atoms with Crippen molar-refractivity contribution in [3.8, 4) is 0 Å². The van der Waals surface area contributed by atoms with Crippen LogP contribution in [0.3, 0.4) is 0 Å². The summed E-state index contributed by atoms with van der Waals surface area (Å²) in [6.45, 7) is 6.42. The van der Waals surface area contributed by atoms with Gasteiger partial charge in [0.1, 0.15) is 0 Å². The fourth-order valence-corrected chi connectivity index (χ4v) is 4.94. The second kappa shape index (κ2) is 5.49. The van der Waals surface area contributed by atoms with Crippen molar-refractivity contribution in [2.75, 3.05) is 0 Å². The van der Waals surface area contributed by atoms with Crippen LogP contribution in [0.5, 0.6) is 0 Å². The molecule has 0 aromatic heterocycles. The van der Waals surface area contributed by atoms with E-state index in [0.29, 0.717) is 23.7 Å². The Kier molecular flexibility index (Phi) is 4.26. The zero-order valence-electron chi connectivity index (χ0n) is 12.4. The fourth-order valence-electron chi connectivity index (χ4n) is 3.02. The van der Waals surface area contributed by atoms with E-state index in [1.165, 1.54) is 0 Å². The molecule has 1 fully saturated rings. The molecule has 0 spiro atoms. The van der Waals surface area contributed by atoms with E-state index in [0.717, 1.165) is 6.42 Å². The van der Waals surface area contributed by atoms with Crippen LogP contribution < -0.4 is 0 Å². The van der Waals surface area contributed by atoms with Gasteiger partial charge in [-0.2, -0.15) is 0 Å². The molecular weight excluding hydrogens is 272 g/mol. The summed E-state index contributed by atoms with van der Waals surface area (Å²) in [5.74, 6) is 0.328. The van der Waals surface area contributed by atoms with Crippen LogP contribution >= 0.6 is 0 Å². The van der Waals surface area contributed by atoms with Gasteiger partial charge in [-0.15, -0.1) is 0 Å². The van der Waals surface area contributed by atoms with Crippen LogP contribution in [0.25, 0.3) is 0 Å². The van der Waals surface area contributed by atoms with Crippen LogP contribution in [0.15, 0.2) is 35.2 Å². The Bertz CT molecular complexity index is 543. The van der Waals surface area contributed by atoms with Gasteiger partial charge in [-0.3, -0.25) is 0 Å². The monoisotopic (exact) mass is 296 g/mol. The van der Waals surface area contributed by atoms with Crippen molar-refractivity contribution < 1.29 is 13.5 Å². The number of rotatable bonds is 2. The normalized spacial score (nSPS) is 28.3. The molecule has 1 aliphatic carbocycles. The summed E-state index contributed by atoms with van der Waals surface area (Å²) in [6, 6.07) is 8.48. The van der Waals surface area contributed by atoms with Gasteiger partial charge in [0.2, 0.25) is 0 Å². The van der Waals surface area contributed by atoms with Crippen molar-refractivity contribution >= 4 is 9.84 Å². The lowest BCUT2D eigenvalue weighted by Crippen LogP contribution is -2.42. The predicted octanol–water partition coefficient (Wildman–Crippen LogP) is 3.04. The first-order valence-electron chi connectivity index (χ1n) is 7.20. The van der Waals surface area contributed by atoms with E-state index in [4.69, 9.17) is 0 Å². The smallest absolute Gasteiger partial charge is 0.183 e. The molecule has 3 nitrogen and oxygen atoms in total. The molecule has 0 saturated heterocycles. The van der Waals surface area contributed by atoms with Crippen molar-refractivity contribution in [1.82, 2.24) is 0 Å². The van der Waals surface area contributed by atoms with Crippen molar-refractivity contribution in [2.24, 2.45) is 11.3 Å². The standard InChI is InChI=1S/C16H24O3S/c1-16(2,3)12-9-10-14(17)15(11-12)20(18,19)13-7-5-4-6-8-13/h4-8,12,14-15,17H,9-11H2,1-3H3/t12-,14-,15+/m0/s1. The van der Waals surface area contributed by atoms with Gasteiger partial charge < -0.3 is 5.11 Å². The third-order valence-corrected chi connectivity index (χ3v) is 6.68. The molecule has 1 saturated carbocycles. The molecule has 112 valence electrons. The summed E-state index contributed by atoms with van der Waals surface area (Å²) < 4.78 is 25.4. The largest absolute Gasteiger partial charge is 0.392 e. The van der Waals surface area contributed by atoms with Crippen molar-refractivity contribution in [1.29, 1.82) is 0 Å². The van der Waals surface area contributed by atoms with Gasteiger partial charge in [0.25, 0.3) is 0 Å². The minimum atomic E-state index is -3.45. The lowest BCUT2D eigenvalue weighted by Gasteiger charge is -2.39. The van der Waals surface area contributed by atoms with E-state index in [-0.39, 0.29) is 5.41 Å². The SMILES string of the molecule is CC(C)(C)[C@H]1CC[C@H](O)[C@H](S(=O)(=O)c2ccccc2)C1. The van der Waals surface area contributed by atoms with Gasteiger partial charge in [-0.1, -0.05) is 39.0 Å². The summed E-state index contributed by atoms with van der Waals surface area (Å²) in [7, 11) is -3.45. The molecule has 1 N–H and O–H groups in total. The molecule has 1 aromatic rings. The highest BCUT2D eigenvalue weighted by Crippen LogP contribution is 2.41. The molecule has 0 radical (unpaired) electrons.